The highest BCUT2D eigenvalue weighted by molar-refractivity contribution is 9.10. The van der Waals surface area contributed by atoms with Crippen LogP contribution in [0.5, 0.6) is 0 Å². The molecule has 10 heteroatoms. The van der Waals surface area contributed by atoms with E-state index in [4.69, 9.17) is 11.6 Å². The molecule has 34 heavy (non-hydrogen) atoms. The number of nitrogens with zero attached hydrogens (tertiary/aromatic N) is 2. The third-order valence-electron chi connectivity index (χ3n) is 5.19. The second-order valence-electron chi connectivity index (χ2n) is 8.44. The molecule has 2 rings (SSSR count). The van der Waals surface area contributed by atoms with Crippen LogP contribution in [0.25, 0.3) is 0 Å². The summed E-state index contributed by atoms with van der Waals surface area (Å²) in [6.07, 6.45) is 1.43. The molecule has 0 aliphatic heterocycles. The zero-order chi connectivity index (χ0) is 25.6. The largest absolute Gasteiger partial charge is 0.352 e. The fourth-order valence-electron chi connectivity index (χ4n) is 3.48. The smallest absolute Gasteiger partial charge is 0.244 e. The number of benzene rings is 2. The van der Waals surface area contributed by atoms with Crippen molar-refractivity contribution in [3.05, 3.63) is 63.1 Å². The second-order valence-corrected chi connectivity index (χ2v) is 11.6. The monoisotopic (exact) mass is 571 g/mol. The summed E-state index contributed by atoms with van der Waals surface area (Å²) in [5, 5.41) is 3.42. The summed E-state index contributed by atoms with van der Waals surface area (Å²) in [5.74, 6) is -0.767. The van der Waals surface area contributed by atoms with Crippen LogP contribution in [0.3, 0.4) is 0 Å². The van der Waals surface area contributed by atoms with Gasteiger partial charge >= 0.3 is 0 Å². The fraction of sp³-hybridized carbons (Fsp3) is 0.417. The molecule has 2 aromatic rings. The molecule has 0 aliphatic rings. The van der Waals surface area contributed by atoms with E-state index >= 15 is 0 Å². The molecular weight excluding hydrogens is 542 g/mol. The first-order chi connectivity index (χ1) is 15.8. The Morgan fingerprint density at radius 3 is 2.24 bits per heavy atom. The molecular formula is C24H31BrClN3O4S. The van der Waals surface area contributed by atoms with Crippen molar-refractivity contribution in [3.8, 4) is 0 Å². The van der Waals surface area contributed by atoms with Crippen molar-refractivity contribution in [2.45, 2.75) is 52.7 Å². The van der Waals surface area contributed by atoms with Crippen molar-refractivity contribution >= 4 is 55.1 Å². The van der Waals surface area contributed by atoms with Gasteiger partial charge in [-0.1, -0.05) is 46.6 Å². The van der Waals surface area contributed by atoms with Crippen molar-refractivity contribution in [1.82, 2.24) is 10.2 Å². The minimum atomic E-state index is -3.77. The first kappa shape index (κ1) is 28.1. The Hall–Kier alpha value is -2.10. The Kier molecular flexibility index (Phi) is 9.96. The van der Waals surface area contributed by atoms with Crippen molar-refractivity contribution in [2.75, 3.05) is 17.1 Å². The van der Waals surface area contributed by atoms with Crippen molar-refractivity contribution in [3.63, 3.8) is 0 Å². The summed E-state index contributed by atoms with van der Waals surface area (Å²) >= 11 is 9.41. The molecule has 7 nitrogen and oxygen atoms in total. The van der Waals surface area contributed by atoms with Gasteiger partial charge in [0.1, 0.15) is 12.6 Å². The number of hydrogen-bond acceptors (Lipinski definition) is 4. The lowest BCUT2D eigenvalue weighted by Crippen LogP contribution is -2.53. The molecule has 1 atom stereocenters. The van der Waals surface area contributed by atoms with E-state index in [1.54, 1.807) is 42.5 Å². The topological polar surface area (TPSA) is 86.8 Å². The first-order valence-corrected chi connectivity index (χ1v) is 13.9. The van der Waals surface area contributed by atoms with E-state index < -0.39 is 28.5 Å². The maximum atomic E-state index is 13.6. The van der Waals surface area contributed by atoms with Gasteiger partial charge in [-0.05, 0) is 68.7 Å². The van der Waals surface area contributed by atoms with Crippen LogP contribution >= 0.6 is 27.5 Å². The Bertz CT molecular complexity index is 1120. The highest BCUT2D eigenvalue weighted by Gasteiger charge is 2.32. The van der Waals surface area contributed by atoms with E-state index in [2.05, 4.69) is 21.2 Å². The zero-order valence-electron chi connectivity index (χ0n) is 20.0. The average Bonchev–Trinajstić information content (AvgIpc) is 2.74. The van der Waals surface area contributed by atoms with E-state index in [0.717, 1.165) is 26.2 Å². The fourth-order valence-corrected chi connectivity index (χ4v) is 4.70. The molecule has 0 fully saturated rings. The van der Waals surface area contributed by atoms with Crippen LogP contribution in [0, 0.1) is 6.92 Å². The lowest BCUT2D eigenvalue weighted by atomic mass is 10.1. The number of sulfonamides is 1. The Labute approximate surface area is 215 Å². The Morgan fingerprint density at radius 2 is 1.74 bits per heavy atom. The van der Waals surface area contributed by atoms with Crippen LogP contribution in [0.15, 0.2) is 46.9 Å². The van der Waals surface area contributed by atoms with Crippen LogP contribution in [0.2, 0.25) is 5.02 Å². The average molecular weight is 573 g/mol. The van der Waals surface area contributed by atoms with Gasteiger partial charge in [0.15, 0.2) is 0 Å². The quantitative estimate of drug-likeness (QED) is 0.454. The summed E-state index contributed by atoms with van der Waals surface area (Å²) in [6.45, 7) is 7.05. The van der Waals surface area contributed by atoms with Crippen LogP contribution in [-0.4, -0.2) is 50.0 Å². The predicted octanol–water partition coefficient (Wildman–Crippen LogP) is 4.51. The van der Waals surface area contributed by atoms with Gasteiger partial charge < -0.3 is 10.2 Å². The maximum Gasteiger partial charge on any atom is 0.244 e. The molecule has 0 saturated heterocycles. The Morgan fingerprint density at radius 1 is 1.12 bits per heavy atom. The van der Waals surface area contributed by atoms with Crippen LogP contribution in [-0.2, 0) is 26.2 Å². The summed E-state index contributed by atoms with van der Waals surface area (Å²) in [5.41, 5.74) is 1.99. The van der Waals surface area contributed by atoms with Gasteiger partial charge in [0.2, 0.25) is 21.8 Å². The molecule has 2 amide bonds. The molecule has 0 heterocycles. The van der Waals surface area contributed by atoms with E-state index in [0.29, 0.717) is 17.1 Å². The maximum absolute atomic E-state index is 13.6. The van der Waals surface area contributed by atoms with Crippen molar-refractivity contribution in [2.24, 2.45) is 0 Å². The van der Waals surface area contributed by atoms with E-state index in [9.17, 15) is 18.0 Å². The van der Waals surface area contributed by atoms with Gasteiger partial charge in [0.05, 0.1) is 11.9 Å². The molecule has 0 saturated carbocycles. The number of halogens is 2. The van der Waals surface area contributed by atoms with Crippen LogP contribution in [0.4, 0.5) is 5.69 Å². The molecule has 0 aromatic heterocycles. The Balaban J connectivity index is 2.45. The summed E-state index contributed by atoms with van der Waals surface area (Å²) in [7, 11) is -3.77. The number of rotatable bonds is 10. The number of carbonyl (C=O) groups excluding carboxylic acids is 2. The molecule has 186 valence electrons. The molecule has 0 aliphatic carbocycles. The highest BCUT2D eigenvalue weighted by Crippen LogP contribution is 2.25. The lowest BCUT2D eigenvalue weighted by molar-refractivity contribution is -0.140. The SMILES string of the molecule is CC[C@H](C(=O)NC(C)C)N(Cc1ccc(Cl)cc1)C(=O)CN(c1ccc(Br)c(C)c1)S(C)(=O)=O. The third kappa shape index (κ3) is 7.71. The third-order valence-corrected chi connectivity index (χ3v) is 7.47. The number of hydrogen-bond donors (Lipinski definition) is 1. The van der Waals surface area contributed by atoms with Crippen LogP contribution in [0.1, 0.15) is 38.3 Å². The second kappa shape index (κ2) is 12.0. The normalized spacial score (nSPS) is 12.4. The van der Waals surface area contributed by atoms with Gasteiger partial charge in [0.25, 0.3) is 0 Å². The number of amides is 2. The molecule has 2 aromatic carbocycles. The predicted molar refractivity (Wildman–Crippen MR) is 140 cm³/mol. The van der Waals surface area contributed by atoms with E-state index in [1.807, 2.05) is 27.7 Å². The minimum Gasteiger partial charge on any atom is -0.352 e. The number of carbonyl (C=O) groups is 2. The van der Waals surface area contributed by atoms with Crippen molar-refractivity contribution in [1.29, 1.82) is 0 Å². The van der Waals surface area contributed by atoms with Gasteiger partial charge in [-0.3, -0.25) is 13.9 Å². The first-order valence-electron chi connectivity index (χ1n) is 10.9. The summed E-state index contributed by atoms with van der Waals surface area (Å²) in [6, 6.07) is 11.2. The van der Waals surface area contributed by atoms with Gasteiger partial charge in [0, 0.05) is 22.1 Å². The minimum absolute atomic E-state index is 0.104. The van der Waals surface area contributed by atoms with Gasteiger partial charge in [-0.15, -0.1) is 0 Å². The van der Waals surface area contributed by atoms with Crippen LogP contribution < -0.4 is 9.62 Å². The molecule has 0 bridgehead atoms. The number of anilines is 1. The lowest BCUT2D eigenvalue weighted by Gasteiger charge is -2.33. The molecule has 1 N–H and O–H groups in total. The van der Waals surface area contributed by atoms with Gasteiger partial charge in [-0.2, -0.15) is 0 Å². The highest BCUT2D eigenvalue weighted by atomic mass is 79.9. The molecule has 0 radical (unpaired) electrons. The summed E-state index contributed by atoms with van der Waals surface area (Å²) < 4.78 is 27.2. The molecule has 0 spiro atoms. The zero-order valence-corrected chi connectivity index (χ0v) is 23.2. The van der Waals surface area contributed by atoms with E-state index in [-0.39, 0.29) is 18.5 Å². The number of aryl methyl sites for hydroxylation is 1. The molecule has 0 unspecified atom stereocenters. The van der Waals surface area contributed by atoms with E-state index in [1.165, 1.54) is 4.90 Å². The summed E-state index contributed by atoms with van der Waals surface area (Å²) in [4.78, 5) is 28.0. The standard InChI is InChI=1S/C24H31BrClN3O4S/c1-6-22(24(31)27-16(2)3)28(14-18-7-9-19(26)10-8-18)23(30)15-29(34(5,32)33)20-11-12-21(25)17(4)13-20/h7-13,16,22H,6,14-15H2,1-5H3,(H,27,31)/t22-/m1/s1. The van der Waals surface area contributed by atoms with Crippen molar-refractivity contribution < 1.29 is 18.0 Å². The van der Waals surface area contributed by atoms with Gasteiger partial charge in [-0.25, -0.2) is 8.42 Å². The number of nitrogens with one attached hydrogen (secondary N) is 1.